The van der Waals surface area contributed by atoms with Crippen molar-refractivity contribution in [2.75, 3.05) is 18.4 Å². The van der Waals surface area contributed by atoms with Crippen LogP contribution in [0, 0.1) is 0 Å². The highest BCUT2D eigenvalue weighted by Gasteiger charge is 2.21. The number of sulfonamides is 1. The number of hydrogen-bond acceptors (Lipinski definition) is 5. The lowest BCUT2D eigenvalue weighted by molar-refractivity contribution is 0.102. The van der Waals surface area contributed by atoms with Crippen LogP contribution in [0.2, 0.25) is 0 Å². The molecule has 2 heterocycles. The first kappa shape index (κ1) is 20.9. The molecule has 0 spiro atoms. The highest BCUT2D eigenvalue weighted by molar-refractivity contribution is 7.89. The lowest BCUT2D eigenvalue weighted by atomic mass is 10.2. The van der Waals surface area contributed by atoms with Crippen molar-refractivity contribution < 1.29 is 13.2 Å². The van der Waals surface area contributed by atoms with E-state index in [1.807, 2.05) is 24.6 Å². The van der Waals surface area contributed by atoms with E-state index >= 15 is 0 Å². The van der Waals surface area contributed by atoms with Gasteiger partial charge < -0.3 is 5.32 Å². The molecular weight excluding hydrogens is 390 g/mol. The molecule has 0 aliphatic heterocycles. The fraction of sp³-hybridized carbons (Fsp3) is 0.350. The lowest BCUT2D eigenvalue weighted by Gasteiger charge is -2.18. The summed E-state index contributed by atoms with van der Waals surface area (Å²) in [4.78, 5) is 17.1. The van der Waals surface area contributed by atoms with Crippen LogP contribution >= 0.6 is 0 Å². The number of carbonyl (C=O) groups excluding carboxylic acids is 1. The molecule has 0 bridgehead atoms. The number of carbonyl (C=O) groups is 1. The van der Waals surface area contributed by atoms with Gasteiger partial charge in [-0.25, -0.2) is 18.1 Å². The van der Waals surface area contributed by atoms with Gasteiger partial charge in [-0.05, 0) is 44.2 Å². The molecule has 0 radical (unpaired) electrons. The lowest BCUT2D eigenvalue weighted by Crippen LogP contribution is -2.30. The number of pyridine rings is 1. The summed E-state index contributed by atoms with van der Waals surface area (Å²) in [7, 11) is -3.55. The van der Waals surface area contributed by atoms with Crippen molar-refractivity contribution in [3.05, 3.63) is 48.3 Å². The maximum atomic E-state index is 12.6. The van der Waals surface area contributed by atoms with Crippen molar-refractivity contribution in [2.24, 2.45) is 0 Å². The fourth-order valence-corrected chi connectivity index (χ4v) is 4.54. The standard InChI is InChI=1S/C20H25N5O3S/c1-5-24(6-2)29(27,28)18-9-7-15(8-10-18)20(26)23-17-11-16-12-22-25(14(3)4)19(16)21-13-17/h7-14H,5-6H2,1-4H3,(H,23,26). The molecule has 0 atom stereocenters. The topological polar surface area (TPSA) is 97.2 Å². The van der Waals surface area contributed by atoms with Crippen molar-refractivity contribution in [3.8, 4) is 0 Å². The first-order chi connectivity index (χ1) is 13.8. The molecule has 0 aliphatic rings. The van der Waals surface area contributed by atoms with Crippen LogP contribution in [0.3, 0.4) is 0 Å². The van der Waals surface area contributed by atoms with E-state index in [9.17, 15) is 13.2 Å². The Balaban J connectivity index is 1.78. The third kappa shape index (κ3) is 4.15. The molecule has 1 N–H and O–H groups in total. The normalized spacial score (nSPS) is 12.1. The largest absolute Gasteiger partial charge is 0.321 e. The molecule has 0 unspecified atom stereocenters. The summed E-state index contributed by atoms with van der Waals surface area (Å²) in [5, 5.41) is 7.94. The smallest absolute Gasteiger partial charge is 0.255 e. The molecule has 1 aromatic carbocycles. The summed E-state index contributed by atoms with van der Waals surface area (Å²) < 4.78 is 28.3. The van der Waals surface area contributed by atoms with Gasteiger partial charge in [-0.1, -0.05) is 13.8 Å². The number of amides is 1. The minimum atomic E-state index is -3.55. The maximum absolute atomic E-state index is 12.6. The first-order valence-corrected chi connectivity index (χ1v) is 11.0. The Morgan fingerprint density at radius 3 is 2.38 bits per heavy atom. The molecule has 0 aliphatic carbocycles. The third-order valence-electron chi connectivity index (χ3n) is 4.64. The summed E-state index contributed by atoms with van der Waals surface area (Å²) in [6.07, 6.45) is 3.30. The maximum Gasteiger partial charge on any atom is 0.255 e. The van der Waals surface area contributed by atoms with Gasteiger partial charge in [0.05, 0.1) is 23.0 Å². The molecule has 154 valence electrons. The first-order valence-electron chi connectivity index (χ1n) is 9.52. The molecule has 8 nitrogen and oxygen atoms in total. The number of benzene rings is 1. The molecule has 3 aromatic rings. The van der Waals surface area contributed by atoms with E-state index in [0.717, 1.165) is 11.0 Å². The van der Waals surface area contributed by atoms with Crippen LogP contribution < -0.4 is 5.32 Å². The summed E-state index contributed by atoms with van der Waals surface area (Å²) in [6.45, 7) is 8.41. The number of nitrogens with one attached hydrogen (secondary N) is 1. The van der Waals surface area contributed by atoms with E-state index in [2.05, 4.69) is 15.4 Å². The second-order valence-corrected chi connectivity index (χ2v) is 8.83. The average molecular weight is 416 g/mol. The minimum Gasteiger partial charge on any atom is -0.321 e. The van der Waals surface area contributed by atoms with Crippen LogP contribution in [0.1, 0.15) is 44.1 Å². The van der Waals surface area contributed by atoms with Crippen LogP contribution in [0.25, 0.3) is 11.0 Å². The Hall–Kier alpha value is -2.78. The van der Waals surface area contributed by atoms with Gasteiger partial charge in [0, 0.05) is 30.1 Å². The molecule has 1 amide bonds. The van der Waals surface area contributed by atoms with Crippen molar-refractivity contribution in [3.63, 3.8) is 0 Å². The van der Waals surface area contributed by atoms with Crippen molar-refractivity contribution in [2.45, 2.75) is 38.6 Å². The Bertz CT molecular complexity index is 1120. The Kier molecular flexibility index (Phi) is 5.99. The fourth-order valence-electron chi connectivity index (χ4n) is 3.08. The second kappa shape index (κ2) is 8.30. The summed E-state index contributed by atoms with van der Waals surface area (Å²) in [6, 6.07) is 7.92. The molecule has 29 heavy (non-hydrogen) atoms. The van der Waals surface area contributed by atoms with Gasteiger partial charge in [-0.15, -0.1) is 0 Å². The number of anilines is 1. The van der Waals surface area contributed by atoms with E-state index in [0.29, 0.717) is 24.3 Å². The van der Waals surface area contributed by atoms with Crippen molar-refractivity contribution in [1.29, 1.82) is 0 Å². The van der Waals surface area contributed by atoms with Crippen LogP contribution in [-0.4, -0.2) is 46.5 Å². The Morgan fingerprint density at radius 2 is 1.79 bits per heavy atom. The highest BCUT2D eigenvalue weighted by Crippen LogP contribution is 2.20. The van der Waals surface area contributed by atoms with Gasteiger partial charge >= 0.3 is 0 Å². The number of fused-ring (bicyclic) bond motifs is 1. The van der Waals surface area contributed by atoms with Gasteiger partial charge in [0.25, 0.3) is 5.91 Å². The van der Waals surface area contributed by atoms with E-state index in [-0.39, 0.29) is 16.8 Å². The summed E-state index contributed by atoms with van der Waals surface area (Å²) in [5.41, 5.74) is 1.66. The zero-order valence-electron chi connectivity index (χ0n) is 17.0. The van der Waals surface area contributed by atoms with E-state index < -0.39 is 10.0 Å². The molecule has 9 heteroatoms. The van der Waals surface area contributed by atoms with Crippen molar-refractivity contribution >= 4 is 32.7 Å². The molecule has 0 fully saturated rings. The van der Waals surface area contributed by atoms with Gasteiger partial charge in [0.15, 0.2) is 5.65 Å². The second-order valence-electron chi connectivity index (χ2n) is 6.89. The van der Waals surface area contributed by atoms with Crippen LogP contribution in [0.4, 0.5) is 5.69 Å². The number of hydrogen-bond donors (Lipinski definition) is 1. The number of nitrogens with zero attached hydrogens (tertiary/aromatic N) is 4. The van der Waals surface area contributed by atoms with Crippen LogP contribution in [0.15, 0.2) is 47.6 Å². The molecule has 0 saturated carbocycles. The van der Waals surface area contributed by atoms with Gasteiger partial charge in [0.2, 0.25) is 10.0 Å². The quantitative estimate of drug-likeness (QED) is 0.639. The molecule has 3 rings (SSSR count). The van der Waals surface area contributed by atoms with Gasteiger partial charge in [0.1, 0.15) is 0 Å². The number of rotatable bonds is 7. The number of aromatic nitrogens is 3. The Morgan fingerprint density at radius 1 is 1.14 bits per heavy atom. The predicted molar refractivity (Wildman–Crippen MR) is 112 cm³/mol. The van der Waals surface area contributed by atoms with Gasteiger partial charge in [-0.2, -0.15) is 9.40 Å². The van der Waals surface area contributed by atoms with E-state index in [1.165, 1.54) is 28.6 Å². The third-order valence-corrected chi connectivity index (χ3v) is 6.70. The summed E-state index contributed by atoms with van der Waals surface area (Å²) >= 11 is 0. The highest BCUT2D eigenvalue weighted by atomic mass is 32.2. The van der Waals surface area contributed by atoms with Crippen LogP contribution in [0.5, 0.6) is 0 Å². The van der Waals surface area contributed by atoms with E-state index in [4.69, 9.17) is 0 Å². The zero-order chi connectivity index (χ0) is 21.2. The molecule has 2 aromatic heterocycles. The predicted octanol–water partition coefficient (Wildman–Crippen LogP) is 3.30. The van der Waals surface area contributed by atoms with Crippen molar-refractivity contribution in [1.82, 2.24) is 19.1 Å². The molecular formula is C20H25N5O3S. The average Bonchev–Trinajstić information content (AvgIpc) is 3.12. The van der Waals surface area contributed by atoms with Gasteiger partial charge in [-0.3, -0.25) is 4.79 Å². The van der Waals surface area contributed by atoms with E-state index in [1.54, 1.807) is 26.2 Å². The Labute approximate surface area is 170 Å². The van der Waals surface area contributed by atoms with Crippen LogP contribution in [-0.2, 0) is 10.0 Å². The monoisotopic (exact) mass is 415 g/mol. The summed E-state index contributed by atoms with van der Waals surface area (Å²) in [5.74, 6) is -0.339. The molecule has 0 saturated heterocycles. The minimum absolute atomic E-state index is 0.168. The SMILES string of the molecule is CCN(CC)S(=O)(=O)c1ccc(C(=O)Nc2cnc3c(cnn3C(C)C)c2)cc1. The zero-order valence-corrected chi connectivity index (χ0v) is 17.8.